The molecule has 0 aliphatic rings. The van der Waals surface area contributed by atoms with E-state index in [4.69, 9.17) is 0 Å². The molecule has 0 aromatic rings. The number of unbranched alkanes of at least 4 members (excludes halogenated alkanes) is 8. The van der Waals surface area contributed by atoms with Crippen LogP contribution in [0.5, 0.6) is 0 Å². The first-order valence-electron chi connectivity index (χ1n) is 9.44. The fraction of sp³-hybridized carbons (Fsp3) is 0.895. The molecule has 1 unspecified atom stereocenters. The van der Waals surface area contributed by atoms with Crippen molar-refractivity contribution in [2.45, 2.75) is 97.3 Å². The average molecular weight is 351 g/mol. The normalized spacial score (nSPS) is 12.0. The van der Waals surface area contributed by atoms with Gasteiger partial charge in [-0.1, -0.05) is 90.9 Å². The zero-order chi connectivity index (χ0) is 17.5. The number of carbonyl (C=O) groups excluding carboxylic acids is 2. The molecule has 136 valence electrons. The summed E-state index contributed by atoms with van der Waals surface area (Å²) < 4.78 is 0. The van der Waals surface area contributed by atoms with Crippen molar-refractivity contribution < 1.29 is 19.8 Å². The fourth-order valence-electron chi connectivity index (χ4n) is 3.06. The van der Waals surface area contributed by atoms with Gasteiger partial charge in [-0.15, -0.1) is 0 Å². The first kappa shape index (κ1) is 25.9. The van der Waals surface area contributed by atoms with Gasteiger partial charge < -0.3 is 19.8 Å². The quantitative estimate of drug-likeness (QED) is 0.243. The van der Waals surface area contributed by atoms with Crippen molar-refractivity contribution in [2.75, 3.05) is 0 Å². The first-order chi connectivity index (χ1) is 11.0. The number of hydrogen-bond donors (Lipinski definition) is 0. The van der Waals surface area contributed by atoms with Crippen molar-refractivity contribution in [3.05, 3.63) is 0 Å². The number of carbonyl (C=O) groups is 2. The molecule has 0 fully saturated rings. The van der Waals surface area contributed by atoms with Gasteiger partial charge in [0.25, 0.3) is 0 Å². The van der Waals surface area contributed by atoms with E-state index in [1.807, 2.05) is 0 Å². The summed E-state index contributed by atoms with van der Waals surface area (Å²) in [5, 5.41) is 21.8. The molecule has 0 saturated heterocycles. The van der Waals surface area contributed by atoms with E-state index < -0.39 is 17.9 Å². The predicted octanol–water partition coefficient (Wildman–Crippen LogP) is 2.45. The van der Waals surface area contributed by atoms with Gasteiger partial charge >= 0.3 is 23.1 Å². The summed E-state index contributed by atoms with van der Waals surface area (Å²) in [5.41, 5.74) is 0. The largest absolute Gasteiger partial charge is 2.00 e. The van der Waals surface area contributed by atoms with E-state index in [9.17, 15) is 19.8 Å². The first-order valence-corrected chi connectivity index (χ1v) is 9.44. The van der Waals surface area contributed by atoms with Crippen LogP contribution in [-0.4, -0.2) is 35.0 Å². The number of rotatable bonds is 16. The van der Waals surface area contributed by atoms with Crippen molar-refractivity contribution in [1.29, 1.82) is 0 Å². The minimum Gasteiger partial charge on any atom is -0.549 e. The van der Waals surface area contributed by atoms with Crippen LogP contribution in [0.15, 0.2) is 0 Å². The maximum Gasteiger partial charge on any atom is 2.00 e. The summed E-state index contributed by atoms with van der Waals surface area (Å²) >= 11 is 0. The van der Waals surface area contributed by atoms with Crippen LogP contribution in [0.3, 0.4) is 0 Å². The van der Waals surface area contributed by atoms with Gasteiger partial charge in [0.1, 0.15) is 0 Å². The Morgan fingerprint density at radius 1 is 0.708 bits per heavy atom. The van der Waals surface area contributed by atoms with Gasteiger partial charge in [-0.05, 0) is 12.3 Å². The molecule has 0 aromatic carbocycles. The minimum absolute atomic E-state index is 0. The van der Waals surface area contributed by atoms with Crippen molar-refractivity contribution >= 4 is 35.0 Å². The Bertz CT molecular complexity index is 306. The van der Waals surface area contributed by atoms with E-state index in [0.717, 1.165) is 38.5 Å². The van der Waals surface area contributed by atoms with Crippen LogP contribution in [0.25, 0.3) is 0 Å². The number of carboxylic acids is 2. The van der Waals surface area contributed by atoms with E-state index in [1.54, 1.807) is 0 Å². The molecule has 0 bridgehead atoms. The zero-order valence-corrected chi connectivity index (χ0v) is 17.1. The summed E-state index contributed by atoms with van der Waals surface area (Å²) in [6.45, 7) is 4.30. The van der Waals surface area contributed by atoms with Crippen molar-refractivity contribution in [3.63, 3.8) is 0 Å². The van der Waals surface area contributed by atoms with Crippen LogP contribution in [0.1, 0.15) is 97.3 Å². The molecule has 0 amide bonds. The second-order valence-electron chi connectivity index (χ2n) is 6.70. The molecule has 4 nitrogen and oxygen atoms in total. The number of hydrogen-bond acceptors (Lipinski definition) is 4. The minimum atomic E-state index is -1.51. The van der Waals surface area contributed by atoms with Crippen LogP contribution < -0.4 is 10.2 Å². The van der Waals surface area contributed by atoms with E-state index in [1.165, 1.54) is 38.5 Å². The summed E-state index contributed by atoms with van der Waals surface area (Å²) in [6, 6.07) is 0. The third kappa shape index (κ3) is 14.1. The predicted molar refractivity (Wildman–Crippen MR) is 94.1 cm³/mol. The Balaban J connectivity index is 0. The van der Waals surface area contributed by atoms with E-state index in [0.29, 0.717) is 0 Å². The van der Waals surface area contributed by atoms with Crippen LogP contribution >= 0.6 is 0 Å². The topological polar surface area (TPSA) is 80.3 Å². The molecule has 1 atom stereocenters. The van der Waals surface area contributed by atoms with Crippen molar-refractivity contribution in [3.8, 4) is 0 Å². The molecule has 0 rings (SSSR count). The Kier molecular flexibility index (Phi) is 18.9. The number of carboxylic acid groups (broad SMARTS) is 2. The van der Waals surface area contributed by atoms with Gasteiger partial charge in [0.15, 0.2) is 0 Å². The molecule has 24 heavy (non-hydrogen) atoms. The second-order valence-corrected chi connectivity index (χ2v) is 6.70. The maximum atomic E-state index is 10.9. The molecule has 5 heteroatoms. The van der Waals surface area contributed by atoms with Crippen LogP contribution in [0, 0.1) is 11.8 Å². The molecular weight excluding hydrogens is 317 g/mol. The molecule has 0 spiro atoms. The van der Waals surface area contributed by atoms with Gasteiger partial charge in [-0.3, -0.25) is 0 Å². The summed E-state index contributed by atoms with van der Waals surface area (Å²) in [5.74, 6) is -4.34. The van der Waals surface area contributed by atoms with Gasteiger partial charge in [0.05, 0.1) is 11.9 Å². The molecule has 0 radical (unpaired) electrons. The molecule has 0 N–H and O–H groups in total. The van der Waals surface area contributed by atoms with Crippen LogP contribution in [0.4, 0.5) is 0 Å². The van der Waals surface area contributed by atoms with Gasteiger partial charge in [-0.25, -0.2) is 0 Å². The van der Waals surface area contributed by atoms with E-state index in [-0.39, 0.29) is 35.4 Å². The molecule has 0 aliphatic heterocycles. The summed E-state index contributed by atoms with van der Waals surface area (Å²) in [4.78, 5) is 21.8. The van der Waals surface area contributed by atoms with E-state index in [2.05, 4.69) is 13.8 Å². The molecule has 0 aliphatic carbocycles. The monoisotopic (exact) mass is 350 g/mol. The van der Waals surface area contributed by atoms with Crippen molar-refractivity contribution in [1.82, 2.24) is 0 Å². The third-order valence-corrected chi connectivity index (χ3v) is 4.57. The van der Waals surface area contributed by atoms with Crippen molar-refractivity contribution in [2.24, 2.45) is 11.8 Å². The molecule has 0 heterocycles. The third-order valence-electron chi connectivity index (χ3n) is 4.57. The molecule has 0 aromatic heterocycles. The van der Waals surface area contributed by atoms with Crippen LogP contribution in [-0.2, 0) is 9.59 Å². The van der Waals surface area contributed by atoms with E-state index >= 15 is 0 Å². The summed E-state index contributed by atoms with van der Waals surface area (Å²) in [6.07, 6.45) is 13.9. The molecular formula is C19H34MgO4. The Labute approximate surface area is 163 Å². The SMILES string of the molecule is CCCCCCCCCCC(CCCC)CC(C(=O)[O-])C(=O)[O-].[Mg+2]. The zero-order valence-electron chi connectivity index (χ0n) is 15.7. The van der Waals surface area contributed by atoms with Gasteiger partial charge in [0.2, 0.25) is 0 Å². The number of aliphatic carboxylic acids is 2. The Hall–Kier alpha value is -0.294. The Morgan fingerprint density at radius 3 is 1.58 bits per heavy atom. The van der Waals surface area contributed by atoms with Crippen LogP contribution in [0.2, 0.25) is 0 Å². The smallest absolute Gasteiger partial charge is 0.549 e. The standard InChI is InChI=1S/C19H36O4.Mg/c1-3-5-7-8-9-10-11-12-14-16(13-6-4-2)15-17(18(20)21)19(22)23;/h16-17H,3-15H2,1-2H3,(H,20,21)(H,22,23);/q;+2/p-2. The van der Waals surface area contributed by atoms with Gasteiger partial charge in [-0.2, -0.15) is 0 Å². The Morgan fingerprint density at radius 2 is 1.12 bits per heavy atom. The average Bonchev–Trinajstić information content (AvgIpc) is 2.50. The summed E-state index contributed by atoms with van der Waals surface area (Å²) in [7, 11) is 0. The fourth-order valence-corrected chi connectivity index (χ4v) is 3.06. The van der Waals surface area contributed by atoms with Gasteiger partial charge in [0, 0.05) is 5.92 Å². The molecule has 0 saturated carbocycles. The maximum absolute atomic E-state index is 10.9. The second kappa shape index (κ2) is 17.5.